The molecule has 3 heteroatoms. The second-order valence-electron chi connectivity index (χ2n) is 3.60. The first-order valence-electron chi connectivity index (χ1n) is 4.82. The van der Waals surface area contributed by atoms with Gasteiger partial charge < -0.3 is 5.73 Å². The number of nitrogen functional groups attached to an aromatic ring is 1. The molecule has 0 aliphatic heterocycles. The fraction of sp³-hybridized carbons (Fsp3) is 0.167. The van der Waals surface area contributed by atoms with Crippen molar-refractivity contribution in [3.05, 3.63) is 42.0 Å². The van der Waals surface area contributed by atoms with E-state index in [0.717, 1.165) is 22.5 Å². The van der Waals surface area contributed by atoms with Crippen molar-refractivity contribution in [3.63, 3.8) is 0 Å². The molecule has 0 saturated heterocycles. The number of nitrogens with zero attached hydrogens (tertiary/aromatic N) is 2. The molecule has 0 atom stereocenters. The molecular formula is C12H13N3. The summed E-state index contributed by atoms with van der Waals surface area (Å²) < 4.78 is 0. The van der Waals surface area contributed by atoms with Gasteiger partial charge in [-0.05, 0) is 37.6 Å². The summed E-state index contributed by atoms with van der Waals surface area (Å²) in [6.45, 7) is 3.96. The quantitative estimate of drug-likeness (QED) is 0.767. The lowest BCUT2D eigenvalue weighted by Crippen LogP contribution is -1.93. The molecule has 76 valence electrons. The van der Waals surface area contributed by atoms with E-state index in [1.807, 2.05) is 32.0 Å². The third-order valence-electron chi connectivity index (χ3n) is 2.24. The number of aromatic nitrogens is 2. The Labute approximate surface area is 89.0 Å². The number of nitrogens with two attached hydrogens (primary N) is 1. The van der Waals surface area contributed by atoms with E-state index in [1.54, 1.807) is 12.4 Å². The van der Waals surface area contributed by atoms with E-state index in [2.05, 4.69) is 9.97 Å². The van der Waals surface area contributed by atoms with Crippen molar-refractivity contribution >= 4 is 5.69 Å². The van der Waals surface area contributed by atoms with Crippen molar-refractivity contribution in [2.75, 3.05) is 5.73 Å². The van der Waals surface area contributed by atoms with Gasteiger partial charge in [0.25, 0.3) is 0 Å². The maximum atomic E-state index is 5.87. The summed E-state index contributed by atoms with van der Waals surface area (Å²) in [6, 6.07) is 5.97. The molecule has 0 radical (unpaired) electrons. The van der Waals surface area contributed by atoms with Gasteiger partial charge in [-0.3, -0.25) is 9.97 Å². The standard InChI is InChI=1S/C12H13N3/c1-8-5-10(6-9(2)15-8)11-3-4-14-7-12(11)13/h3-7H,13H2,1-2H3. The number of pyridine rings is 2. The van der Waals surface area contributed by atoms with Crippen LogP contribution < -0.4 is 5.73 Å². The van der Waals surface area contributed by atoms with E-state index in [1.165, 1.54) is 0 Å². The first-order chi connectivity index (χ1) is 7.16. The van der Waals surface area contributed by atoms with Gasteiger partial charge in [-0.2, -0.15) is 0 Å². The van der Waals surface area contributed by atoms with Crippen molar-refractivity contribution in [2.45, 2.75) is 13.8 Å². The lowest BCUT2D eigenvalue weighted by atomic mass is 10.1. The first kappa shape index (κ1) is 9.65. The molecule has 0 saturated carbocycles. The summed E-state index contributed by atoms with van der Waals surface area (Å²) in [5.41, 5.74) is 10.7. The van der Waals surface area contributed by atoms with Gasteiger partial charge in [0, 0.05) is 23.1 Å². The highest BCUT2D eigenvalue weighted by Gasteiger charge is 2.03. The van der Waals surface area contributed by atoms with Crippen molar-refractivity contribution in [3.8, 4) is 11.1 Å². The largest absolute Gasteiger partial charge is 0.397 e. The third-order valence-corrected chi connectivity index (χ3v) is 2.24. The van der Waals surface area contributed by atoms with Crippen molar-refractivity contribution in [1.29, 1.82) is 0 Å². The predicted octanol–water partition coefficient (Wildman–Crippen LogP) is 2.34. The molecule has 0 spiro atoms. The maximum Gasteiger partial charge on any atom is 0.0580 e. The van der Waals surface area contributed by atoms with Crippen LogP contribution in [0.4, 0.5) is 5.69 Å². The molecule has 15 heavy (non-hydrogen) atoms. The summed E-state index contributed by atoms with van der Waals surface area (Å²) in [4.78, 5) is 8.31. The number of hydrogen-bond acceptors (Lipinski definition) is 3. The zero-order valence-electron chi connectivity index (χ0n) is 8.86. The lowest BCUT2D eigenvalue weighted by molar-refractivity contribution is 1.12. The summed E-state index contributed by atoms with van der Waals surface area (Å²) in [6.07, 6.45) is 3.41. The van der Waals surface area contributed by atoms with Crippen LogP contribution in [-0.4, -0.2) is 9.97 Å². The number of aryl methyl sites for hydroxylation is 2. The lowest BCUT2D eigenvalue weighted by Gasteiger charge is -2.06. The van der Waals surface area contributed by atoms with Crippen LogP contribution in [0, 0.1) is 13.8 Å². The van der Waals surface area contributed by atoms with Crippen molar-refractivity contribution in [1.82, 2.24) is 9.97 Å². The molecule has 0 aliphatic carbocycles. The van der Waals surface area contributed by atoms with Gasteiger partial charge in [-0.25, -0.2) is 0 Å². The van der Waals surface area contributed by atoms with E-state index < -0.39 is 0 Å². The Hall–Kier alpha value is -1.90. The maximum absolute atomic E-state index is 5.87. The smallest absolute Gasteiger partial charge is 0.0580 e. The minimum absolute atomic E-state index is 0.697. The fourth-order valence-corrected chi connectivity index (χ4v) is 1.66. The molecule has 2 rings (SSSR count). The van der Waals surface area contributed by atoms with Crippen LogP contribution in [0.25, 0.3) is 11.1 Å². The first-order valence-corrected chi connectivity index (χ1v) is 4.82. The van der Waals surface area contributed by atoms with Gasteiger partial charge in [0.1, 0.15) is 0 Å². The highest BCUT2D eigenvalue weighted by molar-refractivity contribution is 5.75. The zero-order valence-corrected chi connectivity index (χ0v) is 8.86. The summed E-state index contributed by atoms with van der Waals surface area (Å²) in [7, 11) is 0. The Balaban J connectivity index is 2.59. The Bertz CT molecular complexity index is 472. The second-order valence-corrected chi connectivity index (χ2v) is 3.60. The fourth-order valence-electron chi connectivity index (χ4n) is 1.66. The summed E-state index contributed by atoms with van der Waals surface area (Å²) in [5.74, 6) is 0. The van der Waals surface area contributed by atoms with Crippen molar-refractivity contribution < 1.29 is 0 Å². The van der Waals surface area contributed by atoms with Crippen LogP contribution in [0.15, 0.2) is 30.6 Å². The van der Waals surface area contributed by atoms with E-state index in [0.29, 0.717) is 5.69 Å². The molecule has 0 amide bonds. The van der Waals surface area contributed by atoms with Crippen LogP contribution in [0.3, 0.4) is 0 Å². The van der Waals surface area contributed by atoms with Gasteiger partial charge in [0.15, 0.2) is 0 Å². The highest BCUT2D eigenvalue weighted by atomic mass is 14.7. The molecule has 3 nitrogen and oxygen atoms in total. The van der Waals surface area contributed by atoms with Crippen LogP contribution in [0.1, 0.15) is 11.4 Å². The van der Waals surface area contributed by atoms with Gasteiger partial charge in [-0.1, -0.05) is 0 Å². The van der Waals surface area contributed by atoms with Gasteiger partial charge in [0.05, 0.1) is 11.9 Å². The predicted molar refractivity (Wildman–Crippen MR) is 61.4 cm³/mol. The minimum Gasteiger partial charge on any atom is -0.397 e. The van der Waals surface area contributed by atoms with Crippen LogP contribution >= 0.6 is 0 Å². The molecule has 0 fully saturated rings. The highest BCUT2D eigenvalue weighted by Crippen LogP contribution is 2.25. The van der Waals surface area contributed by atoms with E-state index in [9.17, 15) is 0 Å². The Morgan fingerprint density at radius 3 is 2.40 bits per heavy atom. The number of rotatable bonds is 1. The van der Waals surface area contributed by atoms with E-state index in [4.69, 9.17) is 5.73 Å². The van der Waals surface area contributed by atoms with Crippen LogP contribution in [-0.2, 0) is 0 Å². The topological polar surface area (TPSA) is 51.8 Å². The van der Waals surface area contributed by atoms with Crippen molar-refractivity contribution in [2.24, 2.45) is 0 Å². The SMILES string of the molecule is Cc1cc(-c2ccncc2N)cc(C)n1. The molecule has 2 aromatic rings. The van der Waals surface area contributed by atoms with Gasteiger partial charge in [0.2, 0.25) is 0 Å². The average Bonchev–Trinajstić information content (AvgIpc) is 2.16. The minimum atomic E-state index is 0.697. The Kier molecular flexibility index (Phi) is 2.37. The molecular weight excluding hydrogens is 186 g/mol. The molecule has 0 bridgehead atoms. The van der Waals surface area contributed by atoms with Crippen LogP contribution in [0.5, 0.6) is 0 Å². The molecule has 2 heterocycles. The average molecular weight is 199 g/mol. The van der Waals surface area contributed by atoms with Gasteiger partial charge >= 0.3 is 0 Å². The van der Waals surface area contributed by atoms with Gasteiger partial charge in [-0.15, -0.1) is 0 Å². The van der Waals surface area contributed by atoms with E-state index in [-0.39, 0.29) is 0 Å². The molecule has 2 aromatic heterocycles. The normalized spacial score (nSPS) is 10.3. The summed E-state index contributed by atoms with van der Waals surface area (Å²) in [5, 5.41) is 0. The molecule has 0 aliphatic rings. The van der Waals surface area contributed by atoms with Crippen LogP contribution in [0.2, 0.25) is 0 Å². The second kappa shape index (κ2) is 3.69. The molecule has 0 aromatic carbocycles. The Morgan fingerprint density at radius 2 is 1.80 bits per heavy atom. The third kappa shape index (κ3) is 1.96. The number of hydrogen-bond donors (Lipinski definition) is 1. The monoisotopic (exact) mass is 199 g/mol. The Morgan fingerprint density at radius 1 is 1.13 bits per heavy atom. The summed E-state index contributed by atoms with van der Waals surface area (Å²) >= 11 is 0. The van der Waals surface area contributed by atoms with E-state index >= 15 is 0 Å². The number of anilines is 1. The molecule has 2 N–H and O–H groups in total. The molecule has 0 unspecified atom stereocenters. The zero-order chi connectivity index (χ0) is 10.8.